The summed E-state index contributed by atoms with van der Waals surface area (Å²) in [5, 5.41) is 3.42. The third kappa shape index (κ3) is 3.47. The summed E-state index contributed by atoms with van der Waals surface area (Å²) in [4.78, 5) is 4.33. The monoisotopic (exact) mass is 294 g/mol. The molecule has 0 atom stereocenters. The number of rotatable bonds is 5. The van der Waals surface area contributed by atoms with Gasteiger partial charge in [-0.25, -0.2) is 4.99 Å². The first-order chi connectivity index (χ1) is 10.8. The minimum Gasteiger partial charge on any atom is -0.497 e. The zero-order valence-electron chi connectivity index (χ0n) is 12.5. The fourth-order valence-corrected chi connectivity index (χ4v) is 2.20. The fourth-order valence-electron chi connectivity index (χ4n) is 2.20. The Bertz CT molecular complexity index is 676. The van der Waals surface area contributed by atoms with Crippen LogP contribution in [0.15, 0.2) is 65.7 Å². The standard InChI is InChI=1S/C18H18N2O2/c1-21-16-9-7-15(8-10-16)20-17(13-18-19-11-12-22-18)14-5-3-2-4-6-14/h2-10,13,20H,11-12H2,1H3. The number of hydrogen-bond acceptors (Lipinski definition) is 4. The van der Waals surface area contributed by atoms with Crippen molar-refractivity contribution in [2.75, 3.05) is 25.6 Å². The molecule has 0 aliphatic carbocycles. The van der Waals surface area contributed by atoms with Crippen LogP contribution in [0.3, 0.4) is 0 Å². The molecule has 1 aliphatic heterocycles. The average molecular weight is 294 g/mol. The van der Waals surface area contributed by atoms with E-state index in [0.717, 1.165) is 29.2 Å². The highest BCUT2D eigenvalue weighted by atomic mass is 16.5. The molecule has 1 aliphatic rings. The van der Waals surface area contributed by atoms with Crippen LogP contribution < -0.4 is 10.1 Å². The van der Waals surface area contributed by atoms with Gasteiger partial charge < -0.3 is 14.8 Å². The van der Waals surface area contributed by atoms with Gasteiger partial charge in [-0.15, -0.1) is 0 Å². The van der Waals surface area contributed by atoms with Crippen molar-refractivity contribution in [3.05, 3.63) is 66.2 Å². The molecule has 112 valence electrons. The molecule has 0 unspecified atom stereocenters. The second-order valence-electron chi connectivity index (χ2n) is 4.85. The molecule has 0 bridgehead atoms. The van der Waals surface area contributed by atoms with E-state index in [1.807, 2.05) is 48.5 Å². The van der Waals surface area contributed by atoms with Crippen molar-refractivity contribution >= 4 is 17.3 Å². The van der Waals surface area contributed by atoms with Gasteiger partial charge in [0.05, 0.1) is 19.4 Å². The Morgan fingerprint density at radius 2 is 1.91 bits per heavy atom. The van der Waals surface area contributed by atoms with E-state index in [1.54, 1.807) is 7.11 Å². The molecule has 0 saturated carbocycles. The minimum atomic E-state index is 0.649. The molecule has 3 rings (SSSR count). The van der Waals surface area contributed by atoms with Gasteiger partial charge in [0.25, 0.3) is 0 Å². The summed E-state index contributed by atoms with van der Waals surface area (Å²) >= 11 is 0. The van der Waals surface area contributed by atoms with Crippen LogP contribution in [-0.2, 0) is 4.74 Å². The zero-order chi connectivity index (χ0) is 15.2. The predicted molar refractivity (Wildman–Crippen MR) is 89.3 cm³/mol. The third-order valence-electron chi connectivity index (χ3n) is 3.33. The highest BCUT2D eigenvalue weighted by Gasteiger charge is 2.08. The number of nitrogens with zero attached hydrogens (tertiary/aromatic N) is 1. The van der Waals surface area contributed by atoms with E-state index in [9.17, 15) is 0 Å². The molecule has 0 aromatic heterocycles. The molecule has 2 aromatic rings. The van der Waals surface area contributed by atoms with Crippen molar-refractivity contribution in [2.45, 2.75) is 0 Å². The largest absolute Gasteiger partial charge is 0.497 e. The Morgan fingerprint density at radius 3 is 2.55 bits per heavy atom. The molecule has 4 heteroatoms. The van der Waals surface area contributed by atoms with E-state index < -0.39 is 0 Å². The Balaban J connectivity index is 1.87. The van der Waals surface area contributed by atoms with Crippen LogP contribution in [0.4, 0.5) is 5.69 Å². The molecular formula is C18H18N2O2. The van der Waals surface area contributed by atoms with E-state index in [-0.39, 0.29) is 0 Å². The van der Waals surface area contributed by atoms with E-state index in [4.69, 9.17) is 9.47 Å². The minimum absolute atomic E-state index is 0.649. The fraction of sp³-hybridized carbons (Fsp3) is 0.167. The van der Waals surface area contributed by atoms with Gasteiger partial charge in [0.15, 0.2) is 0 Å². The maximum absolute atomic E-state index is 5.49. The van der Waals surface area contributed by atoms with Crippen LogP contribution in [0.2, 0.25) is 0 Å². The van der Waals surface area contributed by atoms with Crippen LogP contribution in [0.1, 0.15) is 5.56 Å². The van der Waals surface area contributed by atoms with E-state index in [1.165, 1.54) is 0 Å². The van der Waals surface area contributed by atoms with Crippen molar-refractivity contribution in [3.63, 3.8) is 0 Å². The van der Waals surface area contributed by atoms with E-state index in [2.05, 4.69) is 22.4 Å². The number of hydrogen-bond donors (Lipinski definition) is 1. The summed E-state index contributed by atoms with van der Waals surface area (Å²) in [5.74, 6) is 1.50. The van der Waals surface area contributed by atoms with Gasteiger partial charge >= 0.3 is 0 Å². The second kappa shape index (κ2) is 6.80. The summed E-state index contributed by atoms with van der Waals surface area (Å²) in [6.07, 6.45) is 1.94. The Kier molecular flexibility index (Phi) is 4.39. The Morgan fingerprint density at radius 1 is 1.14 bits per heavy atom. The van der Waals surface area contributed by atoms with Crippen molar-refractivity contribution in [2.24, 2.45) is 4.99 Å². The molecule has 22 heavy (non-hydrogen) atoms. The molecular weight excluding hydrogens is 276 g/mol. The number of methoxy groups -OCH3 is 1. The van der Waals surface area contributed by atoms with Gasteiger partial charge in [-0.05, 0) is 29.8 Å². The van der Waals surface area contributed by atoms with Gasteiger partial charge in [-0.2, -0.15) is 0 Å². The predicted octanol–water partition coefficient (Wildman–Crippen LogP) is 3.58. The Hall–Kier alpha value is -2.75. The topological polar surface area (TPSA) is 42.8 Å². The van der Waals surface area contributed by atoms with Crippen molar-refractivity contribution in [1.29, 1.82) is 0 Å². The maximum Gasteiger partial charge on any atom is 0.210 e. The summed E-state index contributed by atoms with van der Waals surface area (Å²) in [7, 11) is 1.66. The SMILES string of the molecule is COc1ccc(NC(=CC2=NCCO2)c2ccccc2)cc1. The van der Waals surface area contributed by atoms with Crippen molar-refractivity contribution in [3.8, 4) is 5.75 Å². The van der Waals surface area contributed by atoms with Gasteiger partial charge in [-0.3, -0.25) is 0 Å². The van der Waals surface area contributed by atoms with Crippen LogP contribution in [0.5, 0.6) is 5.75 Å². The summed E-state index contributed by atoms with van der Waals surface area (Å²) in [5.41, 5.74) is 3.01. The van der Waals surface area contributed by atoms with Gasteiger partial charge in [0.1, 0.15) is 12.4 Å². The summed E-state index contributed by atoms with van der Waals surface area (Å²) < 4.78 is 10.7. The third-order valence-corrected chi connectivity index (χ3v) is 3.33. The Labute approximate surface area is 130 Å². The molecule has 2 aromatic carbocycles. The lowest BCUT2D eigenvalue weighted by molar-refractivity contribution is 0.350. The molecule has 0 fully saturated rings. The van der Waals surface area contributed by atoms with Crippen molar-refractivity contribution in [1.82, 2.24) is 0 Å². The lowest BCUT2D eigenvalue weighted by Gasteiger charge is -2.12. The molecule has 1 heterocycles. The number of ether oxygens (including phenoxy) is 2. The van der Waals surface area contributed by atoms with Crippen LogP contribution in [0.25, 0.3) is 5.70 Å². The first-order valence-corrected chi connectivity index (χ1v) is 7.20. The normalized spacial score (nSPS) is 14.2. The lowest BCUT2D eigenvalue weighted by Crippen LogP contribution is -2.03. The number of benzene rings is 2. The maximum atomic E-state index is 5.49. The van der Waals surface area contributed by atoms with Crippen LogP contribution in [0, 0.1) is 0 Å². The second-order valence-corrected chi connectivity index (χ2v) is 4.85. The highest BCUT2D eigenvalue weighted by molar-refractivity contribution is 5.98. The molecule has 1 N–H and O–H groups in total. The number of anilines is 1. The summed E-state index contributed by atoms with van der Waals surface area (Å²) in [6.45, 7) is 1.37. The van der Waals surface area contributed by atoms with Crippen LogP contribution in [-0.4, -0.2) is 26.2 Å². The van der Waals surface area contributed by atoms with Gasteiger partial charge in [0, 0.05) is 11.8 Å². The first-order valence-electron chi connectivity index (χ1n) is 7.20. The van der Waals surface area contributed by atoms with Gasteiger partial charge in [0.2, 0.25) is 5.90 Å². The first kappa shape index (κ1) is 14.2. The molecule has 4 nitrogen and oxygen atoms in total. The van der Waals surface area contributed by atoms with E-state index >= 15 is 0 Å². The van der Waals surface area contributed by atoms with Crippen molar-refractivity contribution < 1.29 is 9.47 Å². The summed E-state index contributed by atoms with van der Waals surface area (Å²) in [6, 6.07) is 17.9. The van der Waals surface area contributed by atoms with Gasteiger partial charge in [-0.1, -0.05) is 30.3 Å². The highest BCUT2D eigenvalue weighted by Crippen LogP contribution is 2.21. The zero-order valence-corrected chi connectivity index (χ0v) is 12.5. The smallest absolute Gasteiger partial charge is 0.210 e. The lowest BCUT2D eigenvalue weighted by atomic mass is 10.1. The number of nitrogens with one attached hydrogen (secondary N) is 1. The average Bonchev–Trinajstić information content (AvgIpc) is 3.09. The number of aliphatic imine (C=N–C) groups is 1. The quantitative estimate of drug-likeness (QED) is 0.916. The van der Waals surface area contributed by atoms with E-state index in [0.29, 0.717) is 12.5 Å². The molecule has 0 saturated heterocycles. The molecule has 0 radical (unpaired) electrons. The van der Waals surface area contributed by atoms with Crippen LogP contribution >= 0.6 is 0 Å². The molecule has 0 amide bonds. The molecule has 0 spiro atoms.